The van der Waals surface area contributed by atoms with Gasteiger partial charge in [0.1, 0.15) is 0 Å². The fourth-order valence-corrected chi connectivity index (χ4v) is 3.36. The van der Waals surface area contributed by atoms with Gasteiger partial charge < -0.3 is 4.90 Å². The normalized spacial score (nSPS) is 36.3. The molecule has 1 saturated carbocycles. The molecule has 2 rings (SSSR count). The van der Waals surface area contributed by atoms with Gasteiger partial charge in [0.15, 0.2) is 0 Å². The summed E-state index contributed by atoms with van der Waals surface area (Å²) in [4.78, 5) is 14.7. The number of amides is 1. The van der Waals surface area contributed by atoms with Crippen LogP contribution in [0.15, 0.2) is 0 Å². The lowest BCUT2D eigenvalue weighted by Crippen LogP contribution is -2.50. The van der Waals surface area contributed by atoms with Gasteiger partial charge >= 0.3 is 0 Å². The van der Waals surface area contributed by atoms with Gasteiger partial charge in [-0.05, 0) is 37.5 Å². The molecule has 2 unspecified atom stereocenters. The second-order valence-corrected chi connectivity index (χ2v) is 6.63. The average Bonchev–Trinajstić information content (AvgIpc) is 2.51. The molecule has 1 heterocycles. The first kappa shape index (κ1) is 13.9. The Labute approximate surface area is 111 Å². The van der Waals surface area contributed by atoms with E-state index in [1.54, 1.807) is 0 Å². The lowest BCUT2D eigenvalue weighted by molar-refractivity contribution is -0.135. The molecule has 3 heteroatoms. The van der Waals surface area contributed by atoms with E-state index in [-0.39, 0.29) is 12.2 Å². The molecule has 0 spiro atoms. The van der Waals surface area contributed by atoms with Crippen molar-refractivity contribution in [3.05, 3.63) is 0 Å². The van der Waals surface area contributed by atoms with E-state index in [4.69, 9.17) is 0 Å². The second kappa shape index (κ2) is 5.60. The van der Waals surface area contributed by atoms with E-state index in [2.05, 4.69) is 37.9 Å². The number of hydrogen-bond acceptors (Lipinski definition) is 2. The molecule has 1 aliphatic carbocycles. The third-order valence-electron chi connectivity index (χ3n) is 4.30. The number of nitrogens with zero attached hydrogens (tertiary/aromatic N) is 1. The monoisotopic (exact) mass is 252 g/mol. The highest BCUT2D eigenvalue weighted by Crippen LogP contribution is 2.35. The van der Waals surface area contributed by atoms with Crippen LogP contribution in [0.1, 0.15) is 59.8 Å². The van der Waals surface area contributed by atoms with Crippen LogP contribution in [0.5, 0.6) is 0 Å². The molecule has 3 nitrogen and oxygen atoms in total. The van der Waals surface area contributed by atoms with E-state index in [1.807, 2.05) is 0 Å². The maximum absolute atomic E-state index is 12.5. The van der Waals surface area contributed by atoms with Crippen molar-refractivity contribution >= 4 is 5.91 Å². The van der Waals surface area contributed by atoms with E-state index >= 15 is 0 Å². The lowest BCUT2D eigenvalue weighted by atomic mass is 9.80. The Kier molecular flexibility index (Phi) is 4.31. The van der Waals surface area contributed by atoms with Crippen LogP contribution in [-0.2, 0) is 4.79 Å². The van der Waals surface area contributed by atoms with Gasteiger partial charge in [-0.1, -0.05) is 34.1 Å². The molecule has 2 atom stereocenters. The van der Waals surface area contributed by atoms with Gasteiger partial charge in [-0.2, -0.15) is 0 Å². The van der Waals surface area contributed by atoms with Gasteiger partial charge in [-0.25, -0.2) is 0 Å². The molecule has 1 amide bonds. The molecule has 1 saturated heterocycles. The van der Waals surface area contributed by atoms with Crippen molar-refractivity contribution in [1.29, 1.82) is 0 Å². The fraction of sp³-hybridized carbons (Fsp3) is 0.933. The first-order valence-corrected chi connectivity index (χ1v) is 7.61. The summed E-state index contributed by atoms with van der Waals surface area (Å²) >= 11 is 0. The predicted molar refractivity (Wildman–Crippen MR) is 74.1 cm³/mol. The molecule has 0 radical (unpaired) electrons. The highest BCUT2D eigenvalue weighted by molar-refractivity contribution is 5.84. The summed E-state index contributed by atoms with van der Waals surface area (Å²) in [5, 5.41) is 3.56. The number of nitrogens with one attached hydrogen (secondary N) is 1. The number of rotatable bonds is 5. The molecule has 0 aromatic carbocycles. The van der Waals surface area contributed by atoms with Crippen LogP contribution >= 0.6 is 0 Å². The van der Waals surface area contributed by atoms with E-state index in [0.29, 0.717) is 17.9 Å². The molecule has 2 fully saturated rings. The Morgan fingerprint density at radius 1 is 1.39 bits per heavy atom. The van der Waals surface area contributed by atoms with Crippen LogP contribution in [-0.4, -0.2) is 29.1 Å². The van der Waals surface area contributed by atoms with Crippen LogP contribution in [0.3, 0.4) is 0 Å². The van der Waals surface area contributed by atoms with Crippen molar-refractivity contribution < 1.29 is 4.79 Å². The summed E-state index contributed by atoms with van der Waals surface area (Å²) in [6.07, 6.45) is 5.81. The Balaban J connectivity index is 2.03. The predicted octanol–water partition coefficient (Wildman–Crippen LogP) is 2.76. The molecule has 0 aromatic heterocycles. The third kappa shape index (κ3) is 2.71. The first-order chi connectivity index (χ1) is 8.52. The van der Waals surface area contributed by atoms with E-state index in [1.165, 1.54) is 12.8 Å². The minimum atomic E-state index is 0.0784. The highest BCUT2D eigenvalue weighted by Gasteiger charge is 2.45. The average molecular weight is 252 g/mol. The summed E-state index contributed by atoms with van der Waals surface area (Å²) in [5.41, 5.74) is 0. The molecular weight excluding hydrogens is 224 g/mol. The van der Waals surface area contributed by atoms with Crippen molar-refractivity contribution in [2.75, 3.05) is 0 Å². The summed E-state index contributed by atoms with van der Waals surface area (Å²) in [5.74, 6) is 1.79. The molecule has 2 aliphatic rings. The zero-order valence-electron chi connectivity index (χ0n) is 12.3. The van der Waals surface area contributed by atoms with Crippen molar-refractivity contribution in [2.45, 2.75) is 78.0 Å². The summed E-state index contributed by atoms with van der Waals surface area (Å²) in [6.45, 7) is 8.91. The Bertz CT molecular complexity index is 297. The van der Waals surface area contributed by atoms with Crippen molar-refractivity contribution in [3.63, 3.8) is 0 Å². The van der Waals surface area contributed by atoms with E-state index in [9.17, 15) is 4.79 Å². The molecule has 1 N–H and O–H groups in total. The van der Waals surface area contributed by atoms with Crippen molar-refractivity contribution in [3.8, 4) is 0 Å². The maximum atomic E-state index is 12.5. The Morgan fingerprint density at radius 3 is 2.56 bits per heavy atom. The largest absolute Gasteiger partial charge is 0.323 e. The third-order valence-corrected chi connectivity index (χ3v) is 4.30. The Morgan fingerprint density at radius 2 is 2.06 bits per heavy atom. The highest BCUT2D eigenvalue weighted by atomic mass is 16.2. The topological polar surface area (TPSA) is 32.3 Å². The molecule has 18 heavy (non-hydrogen) atoms. The molecular formula is C15H28N2O. The van der Waals surface area contributed by atoms with Crippen LogP contribution in [0.4, 0.5) is 0 Å². The molecule has 0 aromatic rings. The summed E-state index contributed by atoms with van der Waals surface area (Å²) < 4.78 is 0. The van der Waals surface area contributed by atoms with Gasteiger partial charge in [0, 0.05) is 6.04 Å². The van der Waals surface area contributed by atoms with Gasteiger partial charge in [-0.15, -0.1) is 0 Å². The second-order valence-electron chi connectivity index (χ2n) is 6.63. The number of carbonyl (C=O) groups excluding carboxylic acids is 1. The fourth-order valence-electron chi connectivity index (χ4n) is 3.36. The van der Waals surface area contributed by atoms with Crippen molar-refractivity contribution in [1.82, 2.24) is 10.2 Å². The minimum absolute atomic E-state index is 0.0784. The van der Waals surface area contributed by atoms with Crippen LogP contribution in [0.2, 0.25) is 0 Å². The maximum Gasteiger partial charge on any atom is 0.241 e. The number of carbonyl (C=O) groups is 1. The standard InChI is InChI=1S/C15H28N2O/c1-5-6-13-15(18)17(12-8-11(4)9-12)14(16-13)7-10(2)3/h10-14,16H,5-9H2,1-4H3. The zero-order chi connectivity index (χ0) is 13.3. The van der Waals surface area contributed by atoms with Gasteiger partial charge in [0.2, 0.25) is 5.91 Å². The van der Waals surface area contributed by atoms with Crippen LogP contribution in [0, 0.1) is 11.8 Å². The molecule has 0 bridgehead atoms. The van der Waals surface area contributed by atoms with Gasteiger partial charge in [0.25, 0.3) is 0 Å². The lowest BCUT2D eigenvalue weighted by Gasteiger charge is -2.42. The summed E-state index contributed by atoms with van der Waals surface area (Å²) in [7, 11) is 0. The summed E-state index contributed by atoms with van der Waals surface area (Å²) in [6, 6.07) is 0.584. The van der Waals surface area contributed by atoms with E-state index in [0.717, 1.165) is 25.2 Å². The van der Waals surface area contributed by atoms with Crippen LogP contribution < -0.4 is 5.32 Å². The van der Waals surface area contributed by atoms with Gasteiger partial charge in [-0.3, -0.25) is 10.1 Å². The molecule has 1 aliphatic heterocycles. The SMILES string of the molecule is CCCC1NC(CC(C)C)N(C2CC(C)C2)C1=O. The van der Waals surface area contributed by atoms with Crippen LogP contribution in [0.25, 0.3) is 0 Å². The smallest absolute Gasteiger partial charge is 0.241 e. The first-order valence-electron chi connectivity index (χ1n) is 7.61. The quantitative estimate of drug-likeness (QED) is 0.816. The van der Waals surface area contributed by atoms with Crippen molar-refractivity contribution in [2.24, 2.45) is 11.8 Å². The number of hydrogen-bond donors (Lipinski definition) is 1. The zero-order valence-corrected chi connectivity index (χ0v) is 12.3. The minimum Gasteiger partial charge on any atom is -0.323 e. The van der Waals surface area contributed by atoms with Gasteiger partial charge in [0.05, 0.1) is 12.2 Å². The Hall–Kier alpha value is -0.570. The molecule has 104 valence electrons. The van der Waals surface area contributed by atoms with E-state index < -0.39 is 0 Å².